The number of fused-ring (bicyclic) bond motifs is 3. The molecule has 0 fully saturated rings. The zero-order chi connectivity index (χ0) is 20.9. The van der Waals surface area contributed by atoms with Crippen molar-refractivity contribution in [3.05, 3.63) is 77.6 Å². The second-order valence-electron chi connectivity index (χ2n) is 6.83. The Morgan fingerprint density at radius 3 is 2.47 bits per heavy atom. The van der Waals surface area contributed by atoms with Gasteiger partial charge in [-0.25, -0.2) is 4.39 Å². The fourth-order valence-electron chi connectivity index (χ4n) is 3.79. The van der Waals surface area contributed by atoms with Crippen LogP contribution in [0.25, 0.3) is 33.2 Å². The third kappa shape index (κ3) is 2.90. The normalized spacial score (nSPS) is 12.1. The highest BCUT2D eigenvalue weighted by Gasteiger charge is 2.34. The van der Waals surface area contributed by atoms with E-state index in [0.29, 0.717) is 22.4 Å². The molecule has 0 atom stereocenters. The van der Waals surface area contributed by atoms with Gasteiger partial charge >= 0.3 is 6.18 Å². The van der Waals surface area contributed by atoms with E-state index in [9.17, 15) is 17.6 Å². The molecule has 0 aliphatic rings. The summed E-state index contributed by atoms with van der Waals surface area (Å²) in [7, 11) is 0. The Kier molecular flexibility index (Phi) is 4.05. The maximum absolute atomic E-state index is 14.5. The van der Waals surface area contributed by atoms with Crippen LogP contribution < -0.4 is 0 Å². The number of alkyl halides is 3. The largest absolute Gasteiger partial charge is 0.416 e. The van der Waals surface area contributed by atoms with Crippen LogP contribution in [-0.4, -0.2) is 25.2 Å². The maximum Gasteiger partial charge on any atom is 0.416 e. The first-order valence-electron chi connectivity index (χ1n) is 9.03. The highest BCUT2D eigenvalue weighted by Crippen LogP contribution is 2.36. The lowest BCUT2D eigenvalue weighted by Crippen LogP contribution is -2.13. The molecule has 0 saturated heterocycles. The van der Waals surface area contributed by atoms with Crippen LogP contribution in [0, 0.1) is 5.82 Å². The first kappa shape index (κ1) is 18.3. The van der Waals surface area contributed by atoms with Crippen LogP contribution in [-0.2, 0) is 12.7 Å². The van der Waals surface area contributed by atoms with Crippen LogP contribution in [0.5, 0.6) is 0 Å². The Hall–Kier alpha value is -3.75. The molecule has 3 aromatic carbocycles. The first-order chi connectivity index (χ1) is 14.4. The predicted molar refractivity (Wildman–Crippen MR) is 103 cm³/mol. The van der Waals surface area contributed by atoms with E-state index < -0.39 is 23.1 Å². The fraction of sp³-hybridized carbons (Fsp3) is 0.0952. The SMILES string of the molecule is Fc1cccc(C(F)(F)F)c1Cn1c2ccccc2c2cc(-c3nn[nH]n3)ccc21. The number of nitrogens with zero attached hydrogens (tertiary/aromatic N) is 4. The molecule has 0 spiro atoms. The van der Waals surface area contributed by atoms with E-state index in [1.165, 1.54) is 0 Å². The topological polar surface area (TPSA) is 59.4 Å². The number of hydrogen-bond acceptors (Lipinski definition) is 3. The smallest absolute Gasteiger partial charge is 0.336 e. The third-order valence-electron chi connectivity index (χ3n) is 5.12. The summed E-state index contributed by atoms with van der Waals surface area (Å²) < 4.78 is 56.7. The quantitative estimate of drug-likeness (QED) is 0.416. The van der Waals surface area contributed by atoms with E-state index in [0.717, 1.165) is 29.0 Å². The fourth-order valence-corrected chi connectivity index (χ4v) is 3.79. The molecule has 150 valence electrons. The Labute approximate surface area is 166 Å². The summed E-state index contributed by atoms with van der Waals surface area (Å²) in [5.74, 6) is -0.485. The Bertz CT molecular complexity index is 1370. The van der Waals surface area contributed by atoms with Gasteiger partial charge in [-0.15, -0.1) is 10.2 Å². The van der Waals surface area contributed by atoms with Gasteiger partial charge in [0.15, 0.2) is 0 Å². The summed E-state index contributed by atoms with van der Waals surface area (Å²) in [4.78, 5) is 0. The van der Waals surface area contributed by atoms with Gasteiger partial charge in [0, 0.05) is 32.9 Å². The zero-order valence-corrected chi connectivity index (χ0v) is 15.3. The number of rotatable bonds is 3. The highest BCUT2D eigenvalue weighted by atomic mass is 19.4. The van der Waals surface area contributed by atoms with Gasteiger partial charge < -0.3 is 4.57 Å². The molecule has 5 nitrogen and oxygen atoms in total. The van der Waals surface area contributed by atoms with E-state index in [-0.39, 0.29) is 6.54 Å². The Balaban J connectivity index is 1.74. The summed E-state index contributed by atoms with van der Waals surface area (Å²) in [5.41, 5.74) is 0.724. The number of aromatic amines is 1. The number of benzene rings is 3. The van der Waals surface area contributed by atoms with Crippen molar-refractivity contribution in [3.63, 3.8) is 0 Å². The molecule has 0 saturated carbocycles. The first-order valence-corrected chi connectivity index (χ1v) is 9.03. The molecule has 30 heavy (non-hydrogen) atoms. The zero-order valence-electron chi connectivity index (χ0n) is 15.3. The van der Waals surface area contributed by atoms with Gasteiger partial charge in [0.1, 0.15) is 5.82 Å². The number of para-hydroxylation sites is 1. The minimum absolute atomic E-state index is 0.257. The second-order valence-corrected chi connectivity index (χ2v) is 6.83. The van der Waals surface area contributed by atoms with Crippen molar-refractivity contribution in [1.82, 2.24) is 25.2 Å². The summed E-state index contributed by atoms with van der Waals surface area (Å²) in [5, 5.41) is 15.5. The lowest BCUT2D eigenvalue weighted by molar-refractivity contribution is -0.138. The number of H-pyrrole nitrogens is 1. The van der Waals surface area contributed by atoms with Gasteiger partial charge in [-0.3, -0.25) is 0 Å². The van der Waals surface area contributed by atoms with Crippen LogP contribution in [0.3, 0.4) is 0 Å². The van der Waals surface area contributed by atoms with E-state index in [1.54, 1.807) is 28.8 Å². The number of halogens is 4. The van der Waals surface area contributed by atoms with Crippen LogP contribution in [0.4, 0.5) is 17.6 Å². The van der Waals surface area contributed by atoms with Crippen LogP contribution in [0.1, 0.15) is 11.1 Å². The van der Waals surface area contributed by atoms with Crippen molar-refractivity contribution in [2.75, 3.05) is 0 Å². The van der Waals surface area contributed by atoms with Gasteiger partial charge in [0.25, 0.3) is 0 Å². The summed E-state index contributed by atoms with van der Waals surface area (Å²) in [6, 6.07) is 15.7. The number of aromatic nitrogens is 5. The van der Waals surface area contributed by atoms with Gasteiger partial charge in [0.2, 0.25) is 5.82 Å². The van der Waals surface area contributed by atoms with Crippen molar-refractivity contribution in [3.8, 4) is 11.4 Å². The molecule has 0 radical (unpaired) electrons. The molecular formula is C21H13F4N5. The summed E-state index contributed by atoms with van der Waals surface area (Å²) >= 11 is 0. The molecule has 9 heteroatoms. The molecule has 5 aromatic rings. The third-order valence-corrected chi connectivity index (χ3v) is 5.12. The molecule has 5 rings (SSSR count). The maximum atomic E-state index is 14.5. The standard InChI is InChI=1S/C21H13F4N5/c22-17-6-3-5-16(21(23,24)25)15(17)11-30-18-7-2-1-4-13(18)14-10-12(8-9-19(14)30)20-26-28-29-27-20/h1-10H,11H2,(H,26,27,28,29). The Morgan fingerprint density at radius 1 is 0.900 bits per heavy atom. The predicted octanol–water partition coefficient (Wildman–Crippen LogP) is 5.18. The molecule has 2 aromatic heterocycles. The number of hydrogen-bond donors (Lipinski definition) is 1. The molecule has 2 heterocycles. The van der Waals surface area contributed by atoms with Crippen molar-refractivity contribution in [1.29, 1.82) is 0 Å². The summed E-state index contributed by atoms with van der Waals surface area (Å²) in [6.45, 7) is -0.257. The van der Waals surface area contributed by atoms with Gasteiger partial charge in [0.05, 0.1) is 12.1 Å². The molecule has 0 amide bonds. The minimum atomic E-state index is -4.65. The van der Waals surface area contributed by atoms with E-state index in [4.69, 9.17) is 0 Å². The second kappa shape index (κ2) is 6.65. The number of nitrogens with one attached hydrogen (secondary N) is 1. The highest BCUT2D eigenvalue weighted by molar-refractivity contribution is 6.09. The molecule has 0 unspecified atom stereocenters. The van der Waals surface area contributed by atoms with Crippen LogP contribution in [0.15, 0.2) is 60.7 Å². The Morgan fingerprint density at radius 2 is 1.70 bits per heavy atom. The van der Waals surface area contributed by atoms with Gasteiger partial charge in [-0.2, -0.15) is 18.4 Å². The van der Waals surface area contributed by atoms with Crippen molar-refractivity contribution in [2.24, 2.45) is 0 Å². The van der Waals surface area contributed by atoms with Crippen molar-refractivity contribution >= 4 is 21.8 Å². The lowest BCUT2D eigenvalue weighted by Gasteiger charge is -2.15. The van der Waals surface area contributed by atoms with E-state index in [1.807, 2.05) is 18.2 Å². The van der Waals surface area contributed by atoms with Gasteiger partial charge in [-0.1, -0.05) is 24.3 Å². The minimum Gasteiger partial charge on any atom is -0.336 e. The monoisotopic (exact) mass is 411 g/mol. The van der Waals surface area contributed by atoms with Gasteiger partial charge in [-0.05, 0) is 41.6 Å². The average Bonchev–Trinajstić information content (AvgIpc) is 3.36. The number of tetrazole rings is 1. The van der Waals surface area contributed by atoms with E-state index in [2.05, 4.69) is 20.6 Å². The van der Waals surface area contributed by atoms with E-state index >= 15 is 0 Å². The average molecular weight is 411 g/mol. The van der Waals surface area contributed by atoms with Crippen LogP contribution in [0.2, 0.25) is 0 Å². The molecule has 0 bridgehead atoms. The molecule has 1 N–H and O–H groups in total. The molecule has 0 aliphatic carbocycles. The summed E-state index contributed by atoms with van der Waals surface area (Å²) in [6.07, 6.45) is -4.65. The van der Waals surface area contributed by atoms with Crippen molar-refractivity contribution < 1.29 is 17.6 Å². The molecular weight excluding hydrogens is 398 g/mol. The molecule has 0 aliphatic heterocycles. The van der Waals surface area contributed by atoms with Crippen molar-refractivity contribution in [2.45, 2.75) is 12.7 Å². The van der Waals surface area contributed by atoms with Crippen LogP contribution >= 0.6 is 0 Å². The lowest BCUT2D eigenvalue weighted by atomic mass is 10.1.